The standard InChI is InChI=1S/C24H22F2N6O/c25-24(26)5-8-32(9-6-24)15-16-10-18(13-28-12-16)17-3-4-21-20(11-17)22(31-30-21)23(33)29-19-2-1-7-27-14-19/h1-4,7,10-14H,5-6,8-9,15H2,(H,29,33)(H,30,31). The second-order valence-electron chi connectivity index (χ2n) is 8.24. The van der Waals surface area contributed by atoms with E-state index in [9.17, 15) is 13.6 Å². The molecule has 0 atom stereocenters. The van der Waals surface area contributed by atoms with Crippen LogP contribution in [0.15, 0.2) is 61.2 Å². The number of likely N-dealkylation sites (tertiary alicyclic amines) is 1. The van der Waals surface area contributed by atoms with Gasteiger partial charge >= 0.3 is 0 Å². The van der Waals surface area contributed by atoms with Gasteiger partial charge in [0.25, 0.3) is 11.8 Å². The van der Waals surface area contributed by atoms with Gasteiger partial charge in [0.2, 0.25) is 0 Å². The van der Waals surface area contributed by atoms with Crippen LogP contribution in [0.5, 0.6) is 0 Å². The van der Waals surface area contributed by atoms with Crippen molar-refractivity contribution in [3.63, 3.8) is 0 Å². The van der Waals surface area contributed by atoms with Gasteiger partial charge in [0, 0.05) is 62.0 Å². The topological polar surface area (TPSA) is 86.8 Å². The molecule has 9 heteroatoms. The van der Waals surface area contributed by atoms with Gasteiger partial charge in [-0.25, -0.2) is 8.78 Å². The number of aromatic nitrogens is 4. The van der Waals surface area contributed by atoms with Crippen LogP contribution in [-0.4, -0.2) is 50.0 Å². The molecule has 1 amide bonds. The summed E-state index contributed by atoms with van der Waals surface area (Å²) in [4.78, 5) is 23.1. The summed E-state index contributed by atoms with van der Waals surface area (Å²) in [7, 11) is 0. The van der Waals surface area contributed by atoms with E-state index in [0.717, 1.165) is 22.2 Å². The van der Waals surface area contributed by atoms with E-state index in [0.29, 0.717) is 30.7 Å². The summed E-state index contributed by atoms with van der Waals surface area (Å²) in [6.45, 7) is 1.31. The second-order valence-corrected chi connectivity index (χ2v) is 8.24. The molecule has 1 aliphatic rings. The molecule has 4 heterocycles. The number of piperidine rings is 1. The Morgan fingerprint density at radius 3 is 2.70 bits per heavy atom. The zero-order valence-electron chi connectivity index (χ0n) is 17.8. The van der Waals surface area contributed by atoms with E-state index in [4.69, 9.17) is 0 Å². The first-order chi connectivity index (χ1) is 16.0. The number of amides is 1. The number of aromatic amines is 1. The van der Waals surface area contributed by atoms with Crippen molar-refractivity contribution in [3.8, 4) is 11.1 Å². The molecular weight excluding hydrogens is 426 g/mol. The predicted molar refractivity (Wildman–Crippen MR) is 121 cm³/mol. The summed E-state index contributed by atoms with van der Waals surface area (Å²) in [6, 6.07) is 11.2. The normalized spacial score (nSPS) is 16.1. The molecule has 5 rings (SSSR count). The number of rotatable bonds is 5. The number of nitrogens with zero attached hydrogens (tertiary/aromatic N) is 4. The highest BCUT2D eigenvalue weighted by molar-refractivity contribution is 6.11. The van der Waals surface area contributed by atoms with Gasteiger partial charge in [0.1, 0.15) is 0 Å². The van der Waals surface area contributed by atoms with Crippen molar-refractivity contribution in [1.29, 1.82) is 0 Å². The molecule has 4 aromatic rings. The van der Waals surface area contributed by atoms with Crippen molar-refractivity contribution in [1.82, 2.24) is 25.1 Å². The van der Waals surface area contributed by atoms with Crippen LogP contribution in [0, 0.1) is 0 Å². The van der Waals surface area contributed by atoms with Gasteiger partial charge in [0.05, 0.1) is 17.4 Å². The molecular formula is C24H22F2N6O. The number of benzene rings is 1. The van der Waals surface area contributed by atoms with Crippen LogP contribution in [0.25, 0.3) is 22.0 Å². The Labute approximate surface area is 188 Å². The van der Waals surface area contributed by atoms with Crippen molar-refractivity contribution in [2.24, 2.45) is 0 Å². The Balaban J connectivity index is 1.37. The molecule has 0 radical (unpaired) electrons. The van der Waals surface area contributed by atoms with Gasteiger partial charge in [0.15, 0.2) is 5.69 Å². The lowest BCUT2D eigenvalue weighted by Crippen LogP contribution is -2.38. The van der Waals surface area contributed by atoms with E-state index in [-0.39, 0.29) is 24.4 Å². The van der Waals surface area contributed by atoms with Crippen LogP contribution >= 0.6 is 0 Å². The van der Waals surface area contributed by atoms with E-state index in [1.54, 1.807) is 36.9 Å². The number of pyridine rings is 2. The van der Waals surface area contributed by atoms with Crippen LogP contribution in [0.1, 0.15) is 28.9 Å². The summed E-state index contributed by atoms with van der Waals surface area (Å²) in [5, 5.41) is 10.6. The van der Waals surface area contributed by atoms with Crippen molar-refractivity contribution >= 4 is 22.5 Å². The summed E-state index contributed by atoms with van der Waals surface area (Å²) in [5.41, 5.74) is 4.35. The summed E-state index contributed by atoms with van der Waals surface area (Å²) >= 11 is 0. The predicted octanol–water partition coefficient (Wildman–Crippen LogP) is 4.50. The molecule has 33 heavy (non-hydrogen) atoms. The first kappa shape index (κ1) is 21.1. The molecule has 0 bridgehead atoms. The minimum Gasteiger partial charge on any atom is -0.319 e. The average Bonchev–Trinajstić information content (AvgIpc) is 3.25. The number of fused-ring (bicyclic) bond motifs is 1. The molecule has 2 N–H and O–H groups in total. The summed E-state index contributed by atoms with van der Waals surface area (Å²) < 4.78 is 26.9. The number of alkyl halides is 2. The lowest BCUT2D eigenvalue weighted by Gasteiger charge is -2.31. The van der Waals surface area contributed by atoms with Crippen LogP contribution in [0.4, 0.5) is 14.5 Å². The highest BCUT2D eigenvalue weighted by atomic mass is 19.3. The van der Waals surface area contributed by atoms with Crippen LogP contribution in [-0.2, 0) is 6.54 Å². The third-order valence-corrected chi connectivity index (χ3v) is 5.82. The van der Waals surface area contributed by atoms with E-state index in [2.05, 4.69) is 25.5 Å². The zero-order valence-corrected chi connectivity index (χ0v) is 17.8. The molecule has 3 aromatic heterocycles. The van der Waals surface area contributed by atoms with Gasteiger partial charge in [-0.2, -0.15) is 5.10 Å². The lowest BCUT2D eigenvalue weighted by molar-refractivity contribution is -0.0566. The molecule has 1 aliphatic heterocycles. The lowest BCUT2D eigenvalue weighted by atomic mass is 10.0. The van der Waals surface area contributed by atoms with Crippen LogP contribution in [0.2, 0.25) is 0 Å². The Kier molecular flexibility index (Phi) is 5.55. The molecule has 7 nitrogen and oxygen atoms in total. The number of nitrogens with one attached hydrogen (secondary N) is 2. The fourth-order valence-electron chi connectivity index (χ4n) is 4.02. The number of carbonyl (C=O) groups is 1. The molecule has 168 valence electrons. The SMILES string of the molecule is O=C(Nc1cccnc1)c1n[nH]c2ccc(-c3cncc(CN4CCC(F)(F)CC4)c3)cc12. The van der Waals surface area contributed by atoms with Gasteiger partial charge in [-0.3, -0.25) is 24.8 Å². The Hall–Kier alpha value is -3.72. The van der Waals surface area contributed by atoms with E-state index in [1.807, 2.05) is 29.2 Å². The molecule has 0 unspecified atom stereocenters. The first-order valence-corrected chi connectivity index (χ1v) is 10.7. The van der Waals surface area contributed by atoms with Crippen molar-refractivity contribution in [3.05, 3.63) is 72.4 Å². The fraction of sp³-hybridized carbons (Fsp3) is 0.250. The second kappa shape index (κ2) is 8.67. The van der Waals surface area contributed by atoms with Gasteiger partial charge < -0.3 is 5.32 Å². The fourth-order valence-corrected chi connectivity index (χ4v) is 4.02. The van der Waals surface area contributed by atoms with E-state index >= 15 is 0 Å². The smallest absolute Gasteiger partial charge is 0.276 e. The van der Waals surface area contributed by atoms with Crippen molar-refractivity contribution < 1.29 is 13.6 Å². The Bertz CT molecular complexity index is 1280. The molecule has 1 aromatic carbocycles. The summed E-state index contributed by atoms with van der Waals surface area (Å²) in [6.07, 6.45) is 6.50. The van der Waals surface area contributed by atoms with Gasteiger partial charge in [-0.15, -0.1) is 0 Å². The van der Waals surface area contributed by atoms with Crippen molar-refractivity contribution in [2.75, 3.05) is 18.4 Å². The number of carbonyl (C=O) groups excluding carboxylic acids is 1. The molecule has 0 spiro atoms. The Morgan fingerprint density at radius 2 is 1.91 bits per heavy atom. The van der Waals surface area contributed by atoms with Crippen molar-refractivity contribution in [2.45, 2.75) is 25.3 Å². The minimum atomic E-state index is -2.56. The number of hydrogen-bond acceptors (Lipinski definition) is 5. The van der Waals surface area contributed by atoms with Crippen LogP contribution in [0.3, 0.4) is 0 Å². The maximum atomic E-state index is 13.4. The monoisotopic (exact) mass is 448 g/mol. The molecule has 0 saturated carbocycles. The number of H-pyrrole nitrogens is 1. The van der Waals surface area contributed by atoms with Crippen LogP contribution < -0.4 is 5.32 Å². The molecule has 1 saturated heterocycles. The quantitative estimate of drug-likeness (QED) is 0.469. The maximum Gasteiger partial charge on any atom is 0.276 e. The highest BCUT2D eigenvalue weighted by Gasteiger charge is 2.33. The average molecular weight is 448 g/mol. The van der Waals surface area contributed by atoms with E-state index < -0.39 is 5.92 Å². The number of hydrogen-bond donors (Lipinski definition) is 2. The largest absolute Gasteiger partial charge is 0.319 e. The highest BCUT2D eigenvalue weighted by Crippen LogP contribution is 2.29. The zero-order chi connectivity index (χ0) is 22.8. The first-order valence-electron chi connectivity index (χ1n) is 10.7. The van der Waals surface area contributed by atoms with Gasteiger partial charge in [-0.05, 0) is 41.5 Å². The van der Waals surface area contributed by atoms with Gasteiger partial charge in [-0.1, -0.05) is 6.07 Å². The summed E-state index contributed by atoms with van der Waals surface area (Å²) in [5.74, 6) is -2.89. The minimum absolute atomic E-state index is 0.110. The third kappa shape index (κ3) is 4.73. The number of anilines is 1. The molecule has 0 aliphatic carbocycles. The maximum absolute atomic E-state index is 13.4. The third-order valence-electron chi connectivity index (χ3n) is 5.82. The Morgan fingerprint density at radius 1 is 1.06 bits per heavy atom. The van der Waals surface area contributed by atoms with E-state index in [1.165, 1.54) is 0 Å². The number of halogens is 2. The molecule has 1 fully saturated rings.